The van der Waals surface area contributed by atoms with Crippen LogP contribution in [-0.2, 0) is 0 Å². The highest BCUT2D eigenvalue weighted by Crippen LogP contribution is 2.32. The Bertz CT molecular complexity index is 1520. The molecule has 0 aliphatic carbocycles. The maximum absolute atomic E-state index is 6.03. The fraction of sp³-hybridized carbons (Fsp3) is 0. The van der Waals surface area contributed by atoms with E-state index in [1.165, 1.54) is 11.1 Å². The van der Waals surface area contributed by atoms with E-state index in [0.29, 0.717) is 5.82 Å². The molecule has 0 aliphatic rings. The molecule has 3 heteroatoms. The summed E-state index contributed by atoms with van der Waals surface area (Å²) in [6.07, 6.45) is 1.81. The Labute approximate surface area is 179 Å². The van der Waals surface area contributed by atoms with Crippen LogP contribution in [-0.4, -0.2) is 9.97 Å². The van der Waals surface area contributed by atoms with Gasteiger partial charge < -0.3 is 4.42 Å². The van der Waals surface area contributed by atoms with Crippen molar-refractivity contribution in [3.63, 3.8) is 0 Å². The first-order valence-electron chi connectivity index (χ1n) is 10.3. The predicted octanol–water partition coefficient (Wildman–Crippen LogP) is 7.38. The number of hydrogen-bond acceptors (Lipinski definition) is 3. The second kappa shape index (κ2) is 7.22. The van der Waals surface area contributed by atoms with Crippen LogP contribution in [0.1, 0.15) is 0 Å². The van der Waals surface area contributed by atoms with Crippen molar-refractivity contribution < 1.29 is 4.42 Å². The number of rotatable bonds is 3. The summed E-state index contributed by atoms with van der Waals surface area (Å²) in [4.78, 5) is 9.33. The standard InChI is InChI=1S/C28H18N2O/c1-2-6-19(7-3-1)20-10-12-21(13-11-20)25-16-17-29-28(30-25)22-14-15-24-23-8-4-5-9-26(23)31-27(24)18-22/h1-18H. The van der Waals surface area contributed by atoms with Gasteiger partial charge in [-0.25, -0.2) is 9.97 Å². The van der Waals surface area contributed by atoms with Crippen LogP contribution in [0, 0.1) is 0 Å². The fourth-order valence-electron chi connectivity index (χ4n) is 3.99. The molecule has 31 heavy (non-hydrogen) atoms. The number of aromatic nitrogens is 2. The summed E-state index contributed by atoms with van der Waals surface area (Å²) < 4.78 is 6.03. The molecule has 2 aromatic heterocycles. The van der Waals surface area contributed by atoms with Gasteiger partial charge in [0.05, 0.1) is 5.69 Å². The molecule has 0 saturated carbocycles. The first kappa shape index (κ1) is 17.6. The second-order valence-corrected chi connectivity index (χ2v) is 7.52. The minimum absolute atomic E-state index is 0.687. The lowest BCUT2D eigenvalue weighted by molar-refractivity contribution is 0.669. The summed E-state index contributed by atoms with van der Waals surface area (Å²) in [7, 11) is 0. The van der Waals surface area contributed by atoms with Gasteiger partial charge in [-0.1, -0.05) is 78.9 Å². The largest absolute Gasteiger partial charge is 0.456 e. The summed E-state index contributed by atoms with van der Waals surface area (Å²) in [6, 6.07) is 35.0. The van der Waals surface area contributed by atoms with E-state index < -0.39 is 0 Å². The van der Waals surface area contributed by atoms with Crippen molar-refractivity contribution in [2.75, 3.05) is 0 Å². The lowest BCUT2D eigenvalue weighted by atomic mass is 10.0. The molecule has 0 radical (unpaired) electrons. The lowest BCUT2D eigenvalue weighted by Gasteiger charge is -2.06. The van der Waals surface area contributed by atoms with E-state index >= 15 is 0 Å². The van der Waals surface area contributed by atoms with Crippen LogP contribution >= 0.6 is 0 Å². The van der Waals surface area contributed by atoms with E-state index in [1.54, 1.807) is 0 Å². The molecule has 146 valence electrons. The van der Waals surface area contributed by atoms with Gasteiger partial charge in [-0.05, 0) is 35.4 Å². The van der Waals surface area contributed by atoms with E-state index in [4.69, 9.17) is 9.40 Å². The van der Waals surface area contributed by atoms with E-state index in [0.717, 1.165) is 38.8 Å². The average Bonchev–Trinajstić information content (AvgIpc) is 3.23. The van der Waals surface area contributed by atoms with Crippen molar-refractivity contribution in [1.82, 2.24) is 9.97 Å². The summed E-state index contributed by atoms with van der Waals surface area (Å²) in [5.74, 6) is 0.687. The summed E-state index contributed by atoms with van der Waals surface area (Å²) in [6.45, 7) is 0. The first-order chi connectivity index (χ1) is 15.3. The van der Waals surface area contributed by atoms with E-state index in [9.17, 15) is 0 Å². The maximum atomic E-state index is 6.03. The minimum Gasteiger partial charge on any atom is -0.456 e. The third-order valence-corrected chi connectivity index (χ3v) is 5.58. The minimum atomic E-state index is 0.687. The zero-order valence-electron chi connectivity index (χ0n) is 16.7. The molecule has 0 N–H and O–H groups in total. The van der Waals surface area contributed by atoms with Crippen LogP contribution in [0.15, 0.2) is 114 Å². The Morgan fingerprint density at radius 1 is 0.516 bits per heavy atom. The fourth-order valence-corrected chi connectivity index (χ4v) is 3.99. The zero-order chi connectivity index (χ0) is 20.6. The van der Waals surface area contributed by atoms with Crippen molar-refractivity contribution in [3.05, 3.63) is 109 Å². The molecule has 0 amide bonds. The highest BCUT2D eigenvalue weighted by atomic mass is 16.3. The van der Waals surface area contributed by atoms with Gasteiger partial charge in [-0.15, -0.1) is 0 Å². The molecule has 3 nitrogen and oxygen atoms in total. The highest BCUT2D eigenvalue weighted by molar-refractivity contribution is 6.05. The van der Waals surface area contributed by atoms with Crippen LogP contribution in [0.25, 0.3) is 55.7 Å². The van der Waals surface area contributed by atoms with Crippen molar-refractivity contribution in [1.29, 1.82) is 0 Å². The van der Waals surface area contributed by atoms with Gasteiger partial charge in [0.1, 0.15) is 11.2 Å². The molecular weight excluding hydrogens is 380 g/mol. The Hall–Kier alpha value is -4.24. The molecule has 0 atom stereocenters. The van der Waals surface area contributed by atoms with Crippen molar-refractivity contribution >= 4 is 21.9 Å². The van der Waals surface area contributed by atoms with Gasteiger partial charge in [-0.2, -0.15) is 0 Å². The molecule has 0 saturated heterocycles. The van der Waals surface area contributed by atoms with Crippen LogP contribution in [0.5, 0.6) is 0 Å². The summed E-state index contributed by atoms with van der Waals surface area (Å²) >= 11 is 0. The predicted molar refractivity (Wildman–Crippen MR) is 126 cm³/mol. The van der Waals surface area contributed by atoms with Gasteiger partial charge >= 0.3 is 0 Å². The molecule has 0 spiro atoms. The third kappa shape index (κ3) is 3.17. The Balaban J connectivity index is 1.37. The molecule has 0 fully saturated rings. The maximum Gasteiger partial charge on any atom is 0.159 e. The monoisotopic (exact) mass is 398 g/mol. The Morgan fingerprint density at radius 2 is 1.19 bits per heavy atom. The number of benzene rings is 4. The highest BCUT2D eigenvalue weighted by Gasteiger charge is 2.10. The first-order valence-corrected chi connectivity index (χ1v) is 10.3. The quantitative estimate of drug-likeness (QED) is 0.312. The molecule has 0 unspecified atom stereocenters. The third-order valence-electron chi connectivity index (χ3n) is 5.58. The van der Waals surface area contributed by atoms with Gasteiger partial charge in [0.25, 0.3) is 0 Å². The van der Waals surface area contributed by atoms with E-state index in [2.05, 4.69) is 71.7 Å². The smallest absolute Gasteiger partial charge is 0.159 e. The number of fused-ring (bicyclic) bond motifs is 3. The molecular formula is C28H18N2O. The normalized spacial score (nSPS) is 11.2. The molecule has 0 aliphatic heterocycles. The molecule has 2 heterocycles. The van der Waals surface area contributed by atoms with Crippen LogP contribution in [0.3, 0.4) is 0 Å². The van der Waals surface area contributed by atoms with Crippen LogP contribution < -0.4 is 0 Å². The van der Waals surface area contributed by atoms with Gasteiger partial charge in [0, 0.05) is 28.1 Å². The van der Waals surface area contributed by atoms with Gasteiger partial charge in [-0.3, -0.25) is 0 Å². The van der Waals surface area contributed by atoms with E-state index in [1.807, 2.05) is 42.6 Å². The van der Waals surface area contributed by atoms with Crippen molar-refractivity contribution in [3.8, 4) is 33.8 Å². The Morgan fingerprint density at radius 3 is 2.06 bits per heavy atom. The van der Waals surface area contributed by atoms with Gasteiger partial charge in [0.15, 0.2) is 5.82 Å². The lowest BCUT2D eigenvalue weighted by Crippen LogP contribution is -1.91. The van der Waals surface area contributed by atoms with Crippen LogP contribution in [0.2, 0.25) is 0 Å². The van der Waals surface area contributed by atoms with Crippen molar-refractivity contribution in [2.24, 2.45) is 0 Å². The van der Waals surface area contributed by atoms with Gasteiger partial charge in [0.2, 0.25) is 0 Å². The second-order valence-electron chi connectivity index (χ2n) is 7.52. The van der Waals surface area contributed by atoms with E-state index in [-0.39, 0.29) is 0 Å². The molecule has 6 aromatic rings. The molecule has 6 rings (SSSR count). The number of furan rings is 1. The number of nitrogens with zero attached hydrogens (tertiary/aromatic N) is 2. The molecule has 0 bridgehead atoms. The Kier molecular flexibility index (Phi) is 4.10. The number of para-hydroxylation sites is 1. The molecule has 4 aromatic carbocycles. The average molecular weight is 398 g/mol. The number of hydrogen-bond donors (Lipinski definition) is 0. The summed E-state index contributed by atoms with van der Waals surface area (Å²) in [5.41, 5.74) is 7.03. The summed E-state index contributed by atoms with van der Waals surface area (Å²) in [5, 5.41) is 2.23. The van der Waals surface area contributed by atoms with Crippen LogP contribution in [0.4, 0.5) is 0 Å². The zero-order valence-corrected chi connectivity index (χ0v) is 16.7. The SMILES string of the molecule is c1ccc(-c2ccc(-c3ccnc(-c4ccc5c(c4)oc4ccccc45)n3)cc2)cc1. The van der Waals surface area contributed by atoms with Crippen molar-refractivity contribution in [2.45, 2.75) is 0 Å². The topological polar surface area (TPSA) is 38.9 Å².